The molecule has 0 N–H and O–H groups in total. The molecule has 1 aliphatic heterocycles. The molecule has 3 aromatic rings. The Balaban J connectivity index is 1.55. The van der Waals surface area contributed by atoms with Gasteiger partial charge in [0, 0.05) is 42.5 Å². The fourth-order valence-electron chi connectivity index (χ4n) is 2.95. The van der Waals surface area contributed by atoms with E-state index in [9.17, 15) is 0 Å². The van der Waals surface area contributed by atoms with Crippen molar-refractivity contribution >= 4 is 11.6 Å². The first-order valence-corrected chi connectivity index (χ1v) is 8.30. The summed E-state index contributed by atoms with van der Waals surface area (Å²) < 4.78 is 5.15. The Kier molecular flexibility index (Phi) is 4.04. The molecule has 0 saturated carbocycles. The molecular weight excluding hydrogens is 324 g/mol. The molecule has 0 fully saturated rings. The van der Waals surface area contributed by atoms with E-state index in [1.807, 2.05) is 43.5 Å². The van der Waals surface area contributed by atoms with Crippen LogP contribution in [0, 0.1) is 6.92 Å². The Morgan fingerprint density at radius 1 is 1.25 bits per heavy atom. The maximum absolute atomic E-state index is 5.95. The van der Waals surface area contributed by atoms with Gasteiger partial charge in [-0.2, -0.15) is 0 Å². The summed E-state index contributed by atoms with van der Waals surface area (Å²) in [5, 5.41) is 4.79. The first-order valence-electron chi connectivity index (χ1n) is 7.93. The predicted molar refractivity (Wildman–Crippen MR) is 91.5 cm³/mol. The third-order valence-electron chi connectivity index (χ3n) is 4.19. The average molecular weight is 341 g/mol. The molecule has 24 heavy (non-hydrogen) atoms. The first-order chi connectivity index (χ1) is 11.7. The van der Waals surface area contributed by atoms with Crippen LogP contribution in [0.15, 0.2) is 41.1 Å². The Morgan fingerprint density at radius 2 is 2.08 bits per heavy atom. The molecule has 0 spiro atoms. The van der Waals surface area contributed by atoms with E-state index in [1.165, 1.54) is 5.56 Å². The summed E-state index contributed by atoms with van der Waals surface area (Å²) in [7, 11) is 0. The van der Waals surface area contributed by atoms with Gasteiger partial charge < -0.3 is 4.52 Å². The number of aryl methyl sites for hydroxylation is 1. The highest BCUT2D eigenvalue weighted by molar-refractivity contribution is 6.30. The number of halogens is 1. The van der Waals surface area contributed by atoms with Gasteiger partial charge in [-0.15, -0.1) is 0 Å². The number of hydrogen-bond acceptors (Lipinski definition) is 5. The lowest BCUT2D eigenvalue weighted by Gasteiger charge is -2.27. The van der Waals surface area contributed by atoms with Crippen LogP contribution < -0.4 is 0 Å². The molecule has 0 saturated heterocycles. The average Bonchev–Trinajstić information content (AvgIpc) is 3.00. The van der Waals surface area contributed by atoms with Gasteiger partial charge in [-0.1, -0.05) is 16.8 Å². The van der Waals surface area contributed by atoms with Gasteiger partial charge in [0.25, 0.3) is 0 Å². The first kappa shape index (κ1) is 15.3. The predicted octanol–water partition coefficient (Wildman–Crippen LogP) is 3.65. The highest BCUT2D eigenvalue weighted by atomic mass is 35.5. The fraction of sp³-hybridized carbons (Fsp3) is 0.278. The Morgan fingerprint density at radius 3 is 2.83 bits per heavy atom. The molecule has 5 nitrogen and oxygen atoms in total. The lowest BCUT2D eigenvalue weighted by molar-refractivity contribution is 0.233. The van der Waals surface area contributed by atoms with E-state index in [1.54, 1.807) is 0 Å². The zero-order valence-corrected chi connectivity index (χ0v) is 14.1. The van der Waals surface area contributed by atoms with E-state index in [0.29, 0.717) is 5.02 Å². The molecule has 3 heterocycles. The number of nitrogens with zero attached hydrogens (tertiary/aromatic N) is 4. The van der Waals surface area contributed by atoms with Crippen molar-refractivity contribution in [3.8, 4) is 11.4 Å². The lowest BCUT2D eigenvalue weighted by Crippen LogP contribution is -2.31. The largest absolute Gasteiger partial charge is 0.361 e. The molecular formula is C18H17ClN4O. The van der Waals surface area contributed by atoms with Crippen LogP contribution in [0.1, 0.15) is 22.7 Å². The molecule has 1 aliphatic rings. The summed E-state index contributed by atoms with van der Waals surface area (Å²) in [4.78, 5) is 11.6. The summed E-state index contributed by atoms with van der Waals surface area (Å²) in [6.45, 7) is 4.46. The zero-order valence-electron chi connectivity index (χ0n) is 13.4. The maximum Gasteiger partial charge on any atom is 0.159 e. The van der Waals surface area contributed by atoms with Crippen molar-refractivity contribution in [1.82, 2.24) is 20.0 Å². The molecule has 1 aromatic carbocycles. The van der Waals surface area contributed by atoms with Crippen LogP contribution >= 0.6 is 11.6 Å². The monoisotopic (exact) mass is 340 g/mol. The van der Waals surface area contributed by atoms with Crippen molar-refractivity contribution in [2.24, 2.45) is 0 Å². The molecule has 0 amide bonds. The van der Waals surface area contributed by atoms with Crippen LogP contribution in [0.2, 0.25) is 5.02 Å². The third-order valence-corrected chi connectivity index (χ3v) is 4.44. The second-order valence-corrected chi connectivity index (χ2v) is 6.50. The Hall–Kier alpha value is -2.24. The van der Waals surface area contributed by atoms with Crippen molar-refractivity contribution in [1.29, 1.82) is 0 Å². The minimum absolute atomic E-state index is 0.714. The fourth-order valence-corrected chi connectivity index (χ4v) is 3.08. The van der Waals surface area contributed by atoms with Gasteiger partial charge in [0.15, 0.2) is 5.82 Å². The molecule has 0 radical (unpaired) electrons. The summed E-state index contributed by atoms with van der Waals surface area (Å²) in [5.41, 5.74) is 4.25. The molecule has 0 unspecified atom stereocenters. The zero-order chi connectivity index (χ0) is 16.5. The number of rotatable bonds is 3. The standard InChI is InChI=1S/C18H17ClN4O/c1-12-8-16(22-24-12)10-23-7-6-14-9-20-18(21-17(14)11-23)13-2-4-15(19)5-3-13/h2-5,8-9H,6-7,10-11H2,1H3. The van der Waals surface area contributed by atoms with Crippen LogP contribution in [0.25, 0.3) is 11.4 Å². The van der Waals surface area contributed by atoms with E-state index in [-0.39, 0.29) is 0 Å². The summed E-state index contributed by atoms with van der Waals surface area (Å²) >= 11 is 5.95. The summed E-state index contributed by atoms with van der Waals surface area (Å²) in [5.74, 6) is 1.58. The van der Waals surface area contributed by atoms with Crippen LogP contribution in [-0.4, -0.2) is 26.6 Å². The van der Waals surface area contributed by atoms with E-state index < -0.39 is 0 Å². The van der Waals surface area contributed by atoms with E-state index in [0.717, 1.165) is 54.6 Å². The molecule has 122 valence electrons. The van der Waals surface area contributed by atoms with Crippen LogP contribution in [-0.2, 0) is 19.5 Å². The highest BCUT2D eigenvalue weighted by Crippen LogP contribution is 2.23. The van der Waals surface area contributed by atoms with Crippen LogP contribution in [0.4, 0.5) is 0 Å². The molecule has 6 heteroatoms. The quantitative estimate of drug-likeness (QED) is 0.728. The maximum atomic E-state index is 5.95. The van der Waals surface area contributed by atoms with Gasteiger partial charge in [0.05, 0.1) is 11.4 Å². The molecule has 2 aromatic heterocycles. The lowest BCUT2D eigenvalue weighted by atomic mass is 10.1. The van der Waals surface area contributed by atoms with Crippen molar-refractivity contribution in [3.63, 3.8) is 0 Å². The summed E-state index contributed by atoms with van der Waals surface area (Å²) in [6.07, 6.45) is 2.90. The van der Waals surface area contributed by atoms with E-state index in [4.69, 9.17) is 21.1 Å². The third kappa shape index (κ3) is 3.18. The van der Waals surface area contributed by atoms with Gasteiger partial charge in [-0.25, -0.2) is 9.97 Å². The van der Waals surface area contributed by atoms with Crippen LogP contribution in [0.5, 0.6) is 0 Å². The molecule has 0 bridgehead atoms. The number of benzene rings is 1. The number of fused-ring (bicyclic) bond motifs is 1. The summed E-state index contributed by atoms with van der Waals surface area (Å²) in [6, 6.07) is 9.60. The van der Waals surface area contributed by atoms with Gasteiger partial charge >= 0.3 is 0 Å². The normalized spacial score (nSPS) is 14.6. The topological polar surface area (TPSA) is 55.1 Å². The number of hydrogen-bond donors (Lipinski definition) is 0. The van der Waals surface area contributed by atoms with Crippen molar-refractivity contribution < 1.29 is 4.52 Å². The second-order valence-electron chi connectivity index (χ2n) is 6.06. The molecule has 0 aliphatic carbocycles. The second kappa shape index (κ2) is 6.34. The Bertz CT molecular complexity index is 860. The highest BCUT2D eigenvalue weighted by Gasteiger charge is 2.20. The van der Waals surface area contributed by atoms with Gasteiger partial charge in [-0.3, -0.25) is 4.90 Å². The van der Waals surface area contributed by atoms with Gasteiger partial charge in [0.1, 0.15) is 5.76 Å². The SMILES string of the molecule is Cc1cc(CN2CCc3cnc(-c4ccc(Cl)cc4)nc3C2)no1. The molecule has 0 atom stereocenters. The minimum atomic E-state index is 0.714. The minimum Gasteiger partial charge on any atom is -0.361 e. The molecule has 4 rings (SSSR count). The number of aromatic nitrogens is 3. The van der Waals surface area contributed by atoms with Crippen molar-refractivity contribution in [2.45, 2.75) is 26.4 Å². The van der Waals surface area contributed by atoms with Crippen molar-refractivity contribution in [3.05, 3.63) is 64.3 Å². The van der Waals surface area contributed by atoms with Gasteiger partial charge in [0.2, 0.25) is 0 Å². The van der Waals surface area contributed by atoms with E-state index >= 15 is 0 Å². The smallest absolute Gasteiger partial charge is 0.159 e. The van der Waals surface area contributed by atoms with E-state index in [2.05, 4.69) is 15.0 Å². The van der Waals surface area contributed by atoms with Crippen molar-refractivity contribution in [2.75, 3.05) is 6.54 Å². The Labute approximate surface area is 145 Å². The van der Waals surface area contributed by atoms with Crippen LogP contribution in [0.3, 0.4) is 0 Å². The van der Waals surface area contributed by atoms with Gasteiger partial charge in [-0.05, 0) is 43.2 Å².